The molecule has 21 heavy (non-hydrogen) atoms. The first kappa shape index (κ1) is 14.6. The van der Waals surface area contributed by atoms with E-state index in [9.17, 15) is 0 Å². The molecule has 2 unspecified atom stereocenters. The lowest BCUT2D eigenvalue weighted by Gasteiger charge is -2.28. The monoisotopic (exact) mass is 303 g/mol. The molecule has 0 amide bonds. The van der Waals surface area contributed by atoms with Crippen LogP contribution in [0.1, 0.15) is 60.0 Å². The van der Waals surface area contributed by atoms with Crippen molar-refractivity contribution in [2.24, 2.45) is 5.73 Å². The second-order valence-corrected chi connectivity index (χ2v) is 6.61. The SMILES string of the molecule is CC(C)c1nnsc1C(N)CC1OCCc2ccccc21. The molecule has 112 valence electrons. The number of rotatable bonds is 4. The van der Waals surface area contributed by atoms with E-state index in [4.69, 9.17) is 10.5 Å². The molecule has 0 spiro atoms. The third-order valence-corrected chi connectivity index (χ3v) is 4.86. The molecule has 4 nitrogen and oxygen atoms in total. The molecule has 0 bridgehead atoms. The molecule has 1 aromatic heterocycles. The van der Waals surface area contributed by atoms with E-state index in [1.165, 1.54) is 22.7 Å². The Hall–Kier alpha value is -1.30. The number of nitrogens with zero attached hydrogens (tertiary/aromatic N) is 2. The van der Waals surface area contributed by atoms with Crippen molar-refractivity contribution in [3.63, 3.8) is 0 Å². The fourth-order valence-electron chi connectivity index (χ4n) is 2.87. The molecule has 3 rings (SSSR count). The zero-order valence-electron chi connectivity index (χ0n) is 12.5. The molecule has 0 radical (unpaired) electrons. The lowest BCUT2D eigenvalue weighted by Crippen LogP contribution is -2.22. The van der Waals surface area contributed by atoms with Crippen molar-refractivity contribution in [1.82, 2.24) is 9.59 Å². The van der Waals surface area contributed by atoms with Crippen LogP contribution >= 0.6 is 11.5 Å². The van der Waals surface area contributed by atoms with Gasteiger partial charge in [0.2, 0.25) is 0 Å². The summed E-state index contributed by atoms with van der Waals surface area (Å²) in [7, 11) is 0. The average Bonchev–Trinajstić information content (AvgIpc) is 2.97. The topological polar surface area (TPSA) is 61.0 Å². The highest BCUT2D eigenvalue weighted by Gasteiger charge is 2.26. The summed E-state index contributed by atoms with van der Waals surface area (Å²) >= 11 is 1.41. The number of hydrogen-bond donors (Lipinski definition) is 1. The largest absolute Gasteiger partial charge is 0.373 e. The maximum absolute atomic E-state index is 6.42. The van der Waals surface area contributed by atoms with Crippen LogP contribution < -0.4 is 5.73 Å². The van der Waals surface area contributed by atoms with Crippen LogP contribution in [0.25, 0.3) is 0 Å². The normalized spacial score (nSPS) is 19.5. The van der Waals surface area contributed by atoms with Crippen LogP contribution in [-0.2, 0) is 11.2 Å². The zero-order valence-corrected chi connectivity index (χ0v) is 13.3. The molecule has 0 saturated carbocycles. The summed E-state index contributed by atoms with van der Waals surface area (Å²) in [6.07, 6.45) is 1.84. The van der Waals surface area contributed by atoms with Crippen molar-refractivity contribution in [3.05, 3.63) is 46.0 Å². The van der Waals surface area contributed by atoms with E-state index in [2.05, 4.69) is 47.7 Å². The van der Waals surface area contributed by atoms with Crippen LogP contribution in [0.5, 0.6) is 0 Å². The number of ether oxygens (including phenoxy) is 1. The average molecular weight is 303 g/mol. The number of aromatic nitrogens is 2. The number of nitrogens with two attached hydrogens (primary N) is 1. The van der Waals surface area contributed by atoms with E-state index >= 15 is 0 Å². The van der Waals surface area contributed by atoms with Crippen molar-refractivity contribution in [2.75, 3.05) is 6.61 Å². The number of fused-ring (bicyclic) bond motifs is 1. The molecule has 2 heterocycles. The first-order valence-corrected chi connectivity index (χ1v) is 8.21. The first-order valence-electron chi connectivity index (χ1n) is 7.44. The van der Waals surface area contributed by atoms with Gasteiger partial charge in [-0.3, -0.25) is 0 Å². The molecule has 1 aromatic carbocycles. The Bertz CT molecular complexity index is 611. The molecule has 1 aliphatic rings. The molecular formula is C16H21N3OS. The first-order chi connectivity index (χ1) is 10.2. The summed E-state index contributed by atoms with van der Waals surface area (Å²) in [4.78, 5) is 1.09. The molecule has 2 aromatic rings. The van der Waals surface area contributed by atoms with Gasteiger partial charge in [0.15, 0.2) is 0 Å². The van der Waals surface area contributed by atoms with Crippen molar-refractivity contribution in [3.8, 4) is 0 Å². The molecule has 0 aliphatic carbocycles. The highest BCUT2D eigenvalue weighted by atomic mass is 32.1. The molecule has 2 atom stereocenters. The van der Waals surface area contributed by atoms with Crippen LogP contribution in [0.15, 0.2) is 24.3 Å². The Morgan fingerprint density at radius 1 is 1.38 bits per heavy atom. The van der Waals surface area contributed by atoms with Gasteiger partial charge in [-0.2, -0.15) is 0 Å². The highest BCUT2D eigenvalue weighted by Crippen LogP contribution is 2.35. The number of hydrogen-bond acceptors (Lipinski definition) is 5. The predicted molar refractivity (Wildman–Crippen MR) is 84.4 cm³/mol. The summed E-state index contributed by atoms with van der Waals surface area (Å²) in [5, 5.41) is 4.22. The Kier molecular flexibility index (Phi) is 4.33. The van der Waals surface area contributed by atoms with E-state index in [0.29, 0.717) is 5.92 Å². The van der Waals surface area contributed by atoms with Crippen LogP contribution in [0.4, 0.5) is 0 Å². The van der Waals surface area contributed by atoms with E-state index in [1.54, 1.807) is 0 Å². The summed E-state index contributed by atoms with van der Waals surface area (Å²) in [6.45, 7) is 5.02. The Morgan fingerprint density at radius 2 is 2.19 bits per heavy atom. The van der Waals surface area contributed by atoms with Crippen LogP contribution in [0.3, 0.4) is 0 Å². The smallest absolute Gasteiger partial charge is 0.0846 e. The van der Waals surface area contributed by atoms with Gasteiger partial charge in [-0.1, -0.05) is 42.6 Å². The summed E-state index contributed by atoms with van der Waals surface area (Å²) in [5.74, 6) is 0.351. The Morgan fingerprint density at radius 3 is 3.00 bits per heavy atom. The summed E-state index contributed by atoms with van der Waals surface area (Å²) in [5.41, 5.74) is 10.1. The minimum Gasteiger partial charge on any atom is -0.373 e. The third kappa shape index (κ3) is 3.00. The maximum Gasteiger partial charge on any atom is 0.0846 e. The minimum absolute atomic E-state index is 0.0708. The van der Waals surface area contributed by atoms with Crippen LogP contribution in [-0.4, -0.2) is 16.2 Å². The van der Waals surface area contributed by atoms with Crippen LogP contribution in [0, 0.1) is 0 Å². The van der Waals surface area contributed by atoms with E-state index in [-0.39, 0.29) is 12.1 Å². The summed E-state index contributed by atoms with van der Waals surface area (Å²) in [6, 6.07) is 8.42. The number of benzene rings is 1. The van der Waals surface area contributed by atoms with Gasteiger partial charge in [-0.25, -0.2) is 0 Å². The van der Waals surface area contributed by atoms with E-state index in [1.807, 2.05) is 0 Å². The Balaban J connectivity index is 1.79. The van der Waals surface area contributed by atoms with Gasteiger partial charge in [-0.05, 0) is 41.4 Å². The fourth-order valence-corrected chi connectivity index (χ4v) is 3.69. The molecule has 2 N–H and O–H groups in total. The highest BCUT2D eigenvalue weighted by molar-refractivity contribution is 7.05. The second kappa shape index (κ2) is 6.22. The van der Waals surface area contributed by atoms with E-state index < -0.39 is 0 Å². The fraction of sp³-hybridized carbons (Fsp3) is 0.500. The molecular weight excluding hydrogens is 282 g/mol. The van der Waals surface area contributed by atoms with Gasteiger partial charge >= 0.3 is 0 Å². The minimum atomic E-state index is -0.0708. The molecule has 0 saturated heterocycles. The van der Waals surface area contributed by atoms with Gasteiger partial charge in [0.1, 0.15) is 0 Å². The quantitative estimate of drug-likeness (QED) is 0.940. The van der Waals surface area contributed by atoms with Crippen molar-refractivity contribution in [1.29, 1.82) is 0 Å². The lowest BCUT2D eigenvalue weighted by atomic mass is 9.92. The zero-order chi connectivity index (χ0) is 14.8. The van der Waals surface area contributed by atoms with Gasteiger partial charge in [-0.15, -0.1) is 5.10 Å². The van der Waals surface area contributed by atoms with Gasteiger partial charge in [0.25, 0.3) is 0 Å². The standard InChI is InChI=1S/C16H21N3OS/c1-10(2)15-16(21-19-18-15)13(17)9-14-12-6-4-3-5-11(12)7-8-20-14/h3-6,10,13-14H,7-9,17H2,1-2H3. The summed E-state index contributed by atoms with van der Waals surface area (Å²) < 4.78 is 10.0. The van der Waals surface area contributed by atoms with Gasteiger partial charge < -0.3 is 10.5 Å². The van der Waals surface area contributed by atoms with Crippen molar-refractivity contribution < 1.29 is 4.74 Å². The van der Waals surface area contributed by atoms with E-state index in [0.717, 1.165) is 30.0 Å². The second-order valence-electron chi connectivity index (χ2n) is 5.83. The molecule has 0 fully saturated rings. The van der Waals surface area contributed by atoms with Crippen LogP contribution in [0.2, 0.25) is 0 Å². The van der Waals surface area contributed by atoms with Gasteiger partial charge in [0, 0.05) is 6.04 Å². The molecule has 5 heteroatoms. The van der Waals surface area contributed by atoms with Gasteiger partial charge in [0.05, 0.1) is 23.3 Å². The lowest BCUT2D eigenvalue weighted by molar-refractivity contribution is 0.0321. The third-order valence-electron chi connectivity index (χ3n) is 3.98. The Labute approximate surface area is 129 Å². The predicted octanol–water partition coefficient (Wildman–Crippen LogP) is 3.37. The van der Waals surface area contributed by atoms with Crippen molar-refractivity contribution >= 4 is 11.5 Å². The molecule has 1 aliphatic heterocycles. The maximum atomic E-state index is 6.42. The van der Waals surface area contributed by atoms with Crippen molar-refractivity contribution in [2.45, 2.75) is 44.8 Å².